The number of carbonyl (C=O) groups excluding carboxylic acids is 1. The van der Waals surface area contributed by atoms with Gasteiger partial charge in [-0.2, -0.15) is 5.10 Å². The van der Waals surface area contributed by atoms with Gasteiger partial charge in [-0.05, 0) is 62.9 Å². The highest BCUT2D eigenvalue weighted by Gasteiger charge is 2.33. The van der Waals surface area contributed by atoms with Gasteiger partial charge in [0.25, 0.3) is 5.91 Å². The van der Waals surface area contributed by atoms with Crippen molar-refractivity contribution in [1.82, 2.24) is 19.6 Å². The van der Waals surface area contributed by atoms with Gasteiger partial charge >= 0.3 is 0 Å². The zero-order valence-corrected chi connectivity index (χ0v) is 21.1. The maximum Gasteiger partial charge on any atom is 0.272 e. The highest BCUT2D eigenvalue weighted by atomic mass is 16.5. The molecular formula is C28H36N4O3. The minimum absolute atomic E-state index is 0.0118. The molecular weight excluding hydrogens is 440 g/mol. The van der Waals surface area contributed by atoms with E-state index in [1.165, 1.54) is 5.56 Å². The molecule has 3 aromatic rings. The molecule has 7 nitrogen and oxygen atoms in total. The van der Waals surface area contributed by atoms with E-state index < -0.39 is 0 Å². The number of piperidine rings is 1. The van der Waals surface area contributed by atoms with Gasteiger partial charge in [-0.15, -0.1) is 0 Å². The van der Waals surface area contributed by atoms with Crippen molar-refractivity contribution < 1.29 is 14.6 Å². The number of likely N-dealkylation sites (N-methyl/N-ethyl adjacent to an activating group) is 1. The van der Waals surface area contributed by atoms with Crippen LogP contribution in [0.1, 0.15) is 40.2 Å². The molecule has 1 aliphatic rings. The largest absolute Gasteiger partial charge is 0.504 e. The minimum Gasteiger partial charge on any atom is -0.504 e. The number of aryl methyl sites for hydroxylation is 2. The summed E-state index contributed by atoms with van der Waals surface area (Å²) in [7, 11) is 5.33. The van der Waals surface area contributed by atoms with Crippen LogP contribution in [-0.2, 0) is 20.0 Å². The van der Waals surface area contributed by atoms with Gasteiger partial charge in [-0.3, -0.25) is 14.4 Å². The Morgan fingerprint density at radius 1 is 1.17 bits per heavy atom. The lowest BCUT2D eigenvalue weighted by Crippen LogP contribution is -2.47. The van der Waals surface area contributed by atoms with Crippen LogP contribution < -0.4 is 4.74 Å². The molecule has 0 unspecified atom stereocenters. The predicted molar refractivity (Wildman–Crippen MR) is 137 cm³/mol. The lowest BCUT2D eigenvalue weighted by atomic mass is 9.84. The van der Waals surface area contributed by atoms with E-state index in [1.807, 2.05) is 50.2 Å². The average Bonchev–Trinajstić information content (AvgIpc) is 3.21. The van der Waals surface area contributed by atoms with E-state index in [4.69, 9.17) is 4.74 Å². The number of phenolic OH excluding ortho intramolecular Hbond substituents is 1. The summed E-state index contributed by atoms with van der Waals surface area (Å²) in [5, 5.41) is 14.9. The van der Waals surface area contributed by atoms with Crippen LogP contribution in [0.4, 0.5) is 0 Å². The van der Waals surface area contributed by atoms with Crippen LogP contribution >= 0.6 is 0 Å². The predicted octanol–water partition coefficient (Wildman–Crippen LogP) is 4.04. The standard InChI is InChI=1S/C28H36N4O3/c1-20-17-25(31(3)29-20)28(34)30(2)24(18-21-9-6-5-7-10-21)22-13-15-32(16-14-22)19-23-11-8-12-26(35-4)27(23)33/h5-12,17,22,24,33H,13-16,18-19H2,1-4H3/t24-/m1/s1. The third-order valence-electron chi connectivity index (χ3n) is 7.20. The Morgan fingerprint density at radius 3 is 2.51 bits per heavy atom. The lowest BCUT2D eigenvalue weighted by molar-refractivity contribution is 0.0574. The molecule has 35 heavy (non-hydrogen) atoms. The number of carbonyl (C=O) groups is 1. The third kappa shape index (κ3) is 5.68. The molecule has 0 saturated carbocycles. The fraction of sp³-hybridized carbons (Fsp3) is 0.429. The SMILES string of the molecule is COc1cccc(CN2CCC([C@@H](Cc3ccccc3)N(C)C(=O)c3cc(C)nn3C)CC2)c1O. The Hall–Kier alpha value is -3.32. The fourth-order valence-electron chi connectivity index (χ4n) is 5.21. The second-order valence-electron chi connectivity index (χ2n) is 9.55. The first-order valence-electron chi connectivity index (χ1n) is 12.3. The van der Waals surface area contributed by atoms with Crippen LogP contribution in [-0.4, -0.2) is 63.9 Å². The number of likely N-dealkylation sites (tertiary alicyclic amines) is 1. The first-order valence-corrected chi connectivity index (χ1v) is 12.3. The van der Waals surface area contributed by atoms with Gasteiger partial charge in [-0.25, -0.2) is 0 Å². The maximum absolute atomic E-state index is 13.5. The Balaban J connectivity index is 1.48. The van der Waals surface area contributed by atoms with Crippen molar-refractivity contribution in [3.05, 3.63) is 77.1 Å². The topological polar surface area (TPSA) is 70.8 Å². The van der Waals surface area contributed by atoms with E-state index in [0.29, 0.717) is 23.9 Å². The number of aromatic nitrogens is 2. The molecule has 1 aliphatic heterocycles. The second-order valence-corrected chi connectivity index (χ2v) is 9.55. The zero-order chi connectivity index (χ0) is 24.9. The quantitative estimate of drug-likeness (QED) is 0.531. The van der Waals surface area contributed by atoms with Gasteiger partial charge < -0.3 is 14.7 Å². The van der Waals surface area contributed by atoms with Gasteiger partial charge in [0, 0.05) is 32.2 Å². The Bertz CT molecular complexity index is 1140. The molecule has 2 heterocycles. The molecule has 1 aromatic heterocycles. The van der Waals surface area contributed by atoms with Gasteiger partial charge in [0.05, 0.1) is 12.8 Å². The van der Waals surface area contributed by atoms with Gasteiger partial charge in [0.2, 0.25) is 0 Å². The molecule has 1 amide bonds. The normalized spacial score (nSPS) is 15.7. The van der Waals surface area contributed by atoms with Crippen molar-refractivity contribution in [1.29, 1.82) is 0 Å². The number of benzene rings is 2. The van der Waals surface area contributed by atoms with Crippen LogP contribution in [0.15, 0.2) is 54.6 Å². The van der Waals surface area contributed by atoms with Crippen molar-refractivity contribution in [3.8, 4) is 11.5 Å². The maximum atomic E-state index is 13.5. The van der Waals surface area contributed by atoms with Gasteiger partial charge in [0.1, 0.15) is 5.69 Å². The number of hydrogen-bond donors (Lipinski definition) is 1. The Kier molecular flexibility index (Phi) is 7.76. The third-order valence-corrected chi connectivity index (χ3v) is 7.20. The average molecular weight is 477 g/mol. The second kappa shape index (κ2) is 11.0. The van der Waals surface area contributed by atoms with Crippen molar-refractivity contribution in [2.75, 3.05) is 27.2 Å². The number of amides is 1. The molecule has 0 aliphatic carbocycles. The number of phenols is 1. The molecule has 0 spiro atoms. The summed E-state index contributed by atoms with van der Waals surface area (Å²) in [6.45, 7) is 4.43. The summed E-state index contributed by atoms with van der Waals surface area (Å²) >= 11 is 0. The zero-order valence-electron chi connectivity index (χ0n) is 21.1. The molecule has 2 aromatic carbocycles. The van der Waals surface area contributed by atoms with Crippen LogP contribution in [0.25, 0.3) is 0 Å². The summed E-state index contributed by atoms with van der Waals surface area (Å²) in [5.41, 5.74) is 3.58. The summed E-state index contributed by atoms with van der Waals surface area (Å²) in [5.74, 6) is 1.12. The van der Waals surface area contributed by atoms with E-state index in [9.17, 15) is 9.90 Å². The van der Waals surface area contributed by atoms with E-state index in [2.05, 4.69) is 34.3 Å². The molecule has 1 N–H and O–H groups in total. The highest BCUT2D eigenvalue weighted by molar-refractivity contribution is 5.92. The molecule has 186 valence electrons. The number of methoxy groups -OCH3 is 1. The summed E-state index contributed by atoms with van der Waals surface area (Å²) in [4.78, 5) is 17.8. The van der Waals surface area contributed by atoms with Crippen molar-refractivity contribution >= 4 is 5.91 Å². The van der Waals surface area contributed by atoms with Crippen LogP contribution in [0.2, 0.25) is 0 Å². The molecule has 0 radical (unpaired) electrons. The van der Waals surface area contributed by atoms with Crippen LogP contribution in [0.3, 0.4) is 0 Å². The molecule has 1 saturated heterocycles. The van der Waals surface area contributed by atoms with E-state index >= 15 is 0 Å². The van der Waals surface area contributed by atoms with Crippen molar-refractivity contribution in [2.24, 2.45) is 13.0 Å². The first kappa shape index (κ1) is 24.8. The summed E-state index contributed by atoms with van der Waals surface area (Å²) < 4.78 is 6.94. The van der Waals surface area contributed by atoms with Gasteiger partial charge in [-0.1, -0.05) is 42.5 Å². The van der Waals surface area contributed by atoms with Crippen molar-refractivity contribution in [3.63, 3.8) is 0 Å². The first-order chi connectivity index (χ1) is 16.9. The summed E-state index contributed by atoms with van der Waals surface area (Å²) in [6, 6.07) is 18.0. The van der Waals surface area contributed by atoms with E-state index in [1.54, 1.807) is 17.9 Å². The molecule has 1 atom stereocenters. The number of aromatic hydroxyl groups is 1. The van der Waals surface area contributed by atoms with Crippen LogP contribution in [0, 0.1) is 12.8 Å². The van der Waals surface area contributed by atoms with Gasteiger partial charge in [0.15, 0.2) is 11.5 Å². The van der Waals surface area contributed by atoms with Crippen molar-refractivity contribution in [2.45, 2.75) is 38.8 Å². The minimum atomic E-state index is 0.0118. The highest BCUT2D eigenvalue weighted by Crippen LogP contribution is 2.32. The molecule has 7 heteroatoms. The number of hydrogen-bond acceptors (Lipinski definition) is 5. The number of rotatable bonds is 8. The van der Waals surface area contributed by atoms with E-state index in [-0.39, 0.29) is 17.7 Å². The fourth-order valence-corrected chi connectivity index (χ4v) is 5.21. The molecule has 4 rings (SSSR count). The number of nitrogens with zero attached hydrogens (tertiary/aromatic N) is 4. The summed E-state index contributed by atoms with van der Waals surface area (Å²) in [6.07, 6.45) is 2.80. The number of ether oxygens (including phenoxy) is 1. The van der Waals surface area contributed by atoms with Crippen LogP contribution in [0.5, 0.6) is 11.5 Å². The smallest absolute Gasteiger partial charge is 0.272 e. The Labute approximate surface area is 207 Å². The monoisotopic (exact) mass is 476 g/mol. The molecule has 1 fully saturated rings. The van der Waals surface area contributed by atoms with E-state index in [0.717, 1.165) is 43.6 Å². The Morgan fingerprint density at radius 2 is 1.89 bits per heavy atom. The number of para-hydroxylation sites is 1. The lowest BCUT2D eigenvalue weighted by Gasteiger charge is -2.40. The molecule has 0 bridgehead atoms.